The van der Waals surface area contributed by atoms with E-state index < -0.39 is 0 Å². The summed E-state index contributed by atoms with van der Waals surface area (Å²) in [5, 5.41) is 10.9. The molecule has 1 heterocycles. The minimum Gasteiger partial charge on any atom is -0.382 e. The first-order valence-electron chi connectivity index (χ1n) is 4.77. The van der Waals surface area contributed by atoms with Gasteiger partial charge < -0.3 is 11.1 Å². The van der Waals surface area contributed by atoms with Crippen molar-refractivity contribution >= 4 is 33.3 Å². The first-order valence-corrected chi connectivity index (χ1v) is 5.57. The molecule has 0 aliphatic heterocycles. The standard InChI is InChI=1S/C11H11BrN4/c1-7-2-3-8(12)9(6-7)14-11-5-4-10(13)15-16-11/h2-6H,1H3,(H2,13,15)(H,14,16). The van der Waals surface area contributed by atoms with Crippen LogP contribution in [0.25, 0.3) is 0 Å². The summed E-state index contributed by atoms with van der Waals surface area (Å²) >= 11 is 3.47. The minimum atomic E-state index is 0.411. The zero-order valence-electron chi connectivity index (χ0n) is 8.74. The maximum absolute atomic E-state index is 5.46. The van der Waals surface area contributed by atoms with Gasteiger partial charge in [-0.2, -0.15) is 0 Å². The fourth-order valence-corrected chi connectivity index (χ4v) is 1.63. The molecule has 0 amide bonds. The van der Waals surface area contributed by atoms with E-state index in [1.165, 1.54) is 5.56 Å². The van der Waals surface area contributed by atoms with Gasteiger partial charge in [0.05, 0.1) is 5.69 Å². The van der Waals surface area contributed by atoms with Gasteiger partial charge in [0.25, 0.3) is 0 Å². The Balaban J connectivity index is 2.26. The fourth-order valence-electron chi connectivity index (χ4n) is 1.28. The van der Waals surface area contributed by atoms with Gasteiger partial charge in [-0.25, -0.2) is 0 Å². The molecule has 4 nitrogen and oxygen atoms in total. The topological polar surface area (TPSA) is 63.8 Å². The van der Waals surface area contributed by atoms with E-state index >= 15 is 0 Å². The summed E-state index contributed by atoms with van der Waals surface area (Å²) in [6, 6.07) is 9.55. The number of nitrogens with zero attached hydrogens (tertiary/aromatic N) is 2. The third-order valence-electron chi connectivity index (χ3n) is 2.07. The van der Waals surface area contributed by atoms with Crippen LogP contribution in [0.4, 0.5) is 17.3 Å². The highest BCUT2D eigenvalue weighted by atomic mass is 79.9. The molecule has 0 atom stereocenters. The van der Waals surface area contributed by atoms with Gasteiger partial charge in [-0.15, -0.1) is 10.2 Å². The Kier molecular flexibility index (Phi) is 3.05. The van der Waals surface area contributed by atoms with Gasteiger partial charge in [-0.3, -0.25) is 0 Å². The van der Waals surface area contributed by atoms with Crippen LogP contribution in [0.1, 0.15) is 5.56 Å². The van der Waals surface area contributed by atoms with Gasteiger partial charge in [0.1, 0.15) is 5.82 Å². The van der Waals surface area contributed by atoms with E-state index in [1.807, 2.05) is 25.1 Å². The SMILES string of the molecule is Cc1ccc(Br)c(Nc2ccc(N)nn2)c1. The van der Waals surface area contributed by atoms with E-state index in [1.54, 1.807) is 12.1 Å². The predicted molar refractivity (Wildman–Crippen MR) is 68.6 cm³/mol. The molecule has 0 bridgehead atoms. The van der Waals surface area contributed by atoms with Crippen molar-refractivity contribution in [1.82, 2.24) is 10.2 Å². The summed E-state index contributed by atoms with van der Waals surface area (Å²) < 4.78 is 0.983. The Bertz CT molecular complexity index is 496. The molecule has 0 radical (unpaired) electrons. The van der Waals surface area contributed by atoms with Crippen LogP contribution >= 0.6 is 15.9 Å². The third kappa shape index (κ3) is 2.49. The van der Waals surface area contributed by atoms with E-state index in [0.29, 0.717) is 11.6 Å². The monoisotopic (exact) mass is 278 g/mol. The summed E-state index contributed by atoms with van der Waals surface area (Å²) in [7, 11) is 0. The zero-order valence-corrected chi connectivity index (χ0v) is 10.3. The molecule has 0 aliphatic carbocycles. The third-order valence-corrected chi connectivity index (χ3v) is 2.76. The van der Waals surface area contributed by atoms with E-state index in [-0.39, 0.29) is 0 Å². The molecule has 2 aromatic rings. The van der Waals surface area contributed by atoms with Crippen molar-refractivity contribution in [2.24, 2.45) is 0 Å². The van der Waals surface area contributed by atoms with Crippen molar-refractivity contribution in [3.05, 3.63) is 40.4 Å². The van der Waals surface area contributed by atoms with Crippen molar-refractivity contribution < 1.29 is 0 Å². The predicted octanol–water partition coefficient (Wildman–Crippen LogP) is 2.87. The minimum absolute atomic E-state index is 0.411. The van der Waals surface area contributed by atoms with Gasteiger partial charge in [0, 0.05) is 4.47 Å². The number of hydrogen-bond acceptors (Lipinski definition) is 4. The average Bonchev–Trinajstić information content (AvgIpc) is 2.27. The summed E-state index contributed by atoms with van der Waals surface area (Å²) in [6.45, 7) is 2.03. The summed E-state index contributed by atoms with van der Waals surface area (Å²) in [6.07, 6.45) is 0. The van der Waals surface area contributed by atoms with Crippen molar-refractivity contribution in [2.45, 2.75) is 6.92 Å². The Labute approximate surface area is 102 Å². The Morgan fingerprint density at radius 2 is 2.00 bits per heavy atom. The lowest BCUT2D eigenvalue weighted by molar-refractivity contribution is 1.05. The molecular formula is C11H11BrN4. The Morgan fingerprint density at radius 3 is 2.69 bits per heavy atom. The highest BCUT2D eigenvalue weighted by Crippen LogP contribution is 2.25. The maximum atomic E-state index is 5.46. The average molecular weight is 279 g/mol. The van der Waals surface area contributed by atoms with Crippen LogP contribution in [0.3, 0.4) is 0 Å². The lowest BCUT2D eigenvalue weighted by Crippen LogP contribution is -1.98. The van der Waals surface area contributed by atoms with E-state index in [9.17, 15) is 0 Å². The molecule has 0 saturated heterocycles. The van der Waals surface area contributed by atoms with Crippen molar-refractivity contribution in [3.8, 4) is 0 Å². The summed E-state index contributed by atoms with van der Waals surface area (Å²) in [5.41, 5.74) is 7.60. The number of aryl methyl sites for hydroxylation is 1. The number of nitrogen functional groups attached to an aromatic ring is 1. The number of rotatable bonds is 2. The number of aromatic nitrogens is 2. The summed E-state index contributed by atoms with van der Waals surface area (Å²) in [4.78, 5) is 0. The molecule has 0 aliphatic rings. The number of nitrogens with two attached hydrogens (primary N) is 1. The van der Waals surface area contributed by atoms with Crippen molar-refractivity contribution in [2.75, 3.05) is 11.1 Å². The second-order valence-corrected chi connectivity index (χ2v) is 4.31. The smallest absolute Gasteiger partial charge is 0.153 e. The van der Waals surface area contributed by atoms with Gasteiger partial charge in [-0.05, 0) is 52.7 Å². The number of hydrogen-bond donors (Lipinski definition) is 2. The maximum Gasteiger partial charge on any atom is 0.153 e. The number of anilines is 3. The quantitative estimate of drug-likeness (QED) is 0.887. The van der Waals surface area contributed by atoms with Crippen LogP contribution in [0.15, 0.2) is 34.8 Å². The van der Waals surface area contributed by atoms with Crippen LogP contribution in [0, 0.1) is 6.92 Å². The van der Waals surface area contributed by atoms with Crippen LogP contribution in [0.5, 0.6) is 0 Å². The Hall–Kier alpha value is -1.62. The first kappa shape index (κ1) is 10.9. The van der Waals surface area contributed by atoms with Crippen molar-refractivity contribution in [3.63, 3.8) is 0 Å². The van der Waals surface area contributed by atoms with Gasteiger partial charge >= 0.3 is 0 Å². The molecule has 1 aromatic carbocycles. The number of nitrogens with one attached hydrogen (secondary N) is 1. The lowest BCUT2D eigenvalue weighted by Gasteiger charge is -2.08. The zero-order chi connectivity index (χ0) is 11.5. The molecule has 2 rings (SSSR count). The molecule has 0 fully saturated rings. The molecule has 1 aromatic heterocycles. The van der Waals surface area contributed by atoms with Gasteiger partial charge in [0.15, 0.2) is 5.82 Å². The molecule has 5 heteroatoms. The molecule has 0 unspecified atom stereocenters. The van der Waals surface area contributed by atoms with E-state index in [0.717, 1.165) is 10.2 Å². The second kappa shape index (κ2) is 4.49. The largest absolute Gasteiger partial charge is 0.382 e. The van der Waals surface area contributed by atoms with Gasteiger partial charge in [-0.1, -0.05) is 6.07 Å². The fraction of sp³-hybridized carbons (Fsp3) is 0.0909. The molecule has 0 saturated carbocycles. The van der Waals surface area contributed by atoms with Crippen LogP contribution < -0.4 is 11.1 Å². The van der Waals surface area contributed by atoms with E-state index in [4.69, 9.17) is 5.73 Å². The van der Waals surface area contributed by atoms with E-state index in [2.05, 4.69) is 31.4 Å². The highest BCUT2D eigenvalue weighted by Gasteiger charge is 2.01. The molecule has 82 valence electrons. The normalized spacial score (nSPS) is 10.1. The van der Waals surface area contributed by atoms with Crippen LogP contribution in [0.2, 0.25) is 0 Å². The van der Waals surface area contributed by atoms with Crippen molar-refractivity contribution in [1.29, 1.82) is 0 Å². The Morgan fingerprint density at radius 1 is 1.19 bits per heavy atom. The summed E-state index contributed by atoms with van der Waals surface area (Å²) in [5.74, 6) is 1.08. The first-order chi connectivity index (χ1) is 7.65. The van der Waals surface area contributed by atoms with Gasteiger partial charge in [0.2, 0.25) is 0 Å². The highest BCUT2D eigenvalue weighted by molar-refractivity contribution is 9.10. The molecule has 0 spiro atoms. The second-order valence-electron chi connectivity index (χ2n) is 3.45. The van der Waals surface area contributed by atoms with Crippen LogP contribution in [-0.2, 0) is 0 Å². The number of halogens is 1. The lowest BCUT2D eigenvalue weighted by atomic mass is 10.2. The molecule has 3 N–H and O–H groups in total. The molecular weight excluding hydrogens is 268 g/mol. The molecule has 16 heavy (non-hydrogen) atoms. The van der Waals surface area contributed by atoms with Crippen LogP contribution in [-0.4, -0.2) is 10.2 Å². The number of benzene rings is 1.